The first kappa shape index (κ1) is 16.1. The Bertz CT molecular complexity index is 460. The second-order valence-electron chi connectivity index (χ2n) is 4.25. The standard InChI is InChI=1S/C13H18N2O5/c1-8(16)14-6-5-11(17)12(18)10-4-3-9(7-15-10)13(19)20-2/h3-4,7,11-12,17-18H,5-6H2,1-2H3,(H,14,16). The Morgan fingerprint density at radius 1 is 1.40 bits per heavy atom. The summed E-state index contributed by atoms with van der Waals surface area (Å²) in [7, 11) is 1.26. The van der Waals surface area contributed by atoms with E-state index in [0.717, 1.165) is 0 Å². The Hall–Kier alpha value is -1.99. The molecule has 0 aliphatic carbocycles. The van der Waals surface area contributed by atoms with Gasteiger partial charge in [0.2, 0.25) is 5.91 Å². The summed E-state index contributed by atoms with van der Waals surface area (Å²) < 4.78 is 4.53. The molecule has 7 nitrogen and oxygen atoms in total. The number of aliphatic hydroxyl groups is 2. The van der Waals surface area contributed by atoms with Crippen LogP contribution in [0.25, 0.3) is 0 Å². The third kappa shape index (κ3) is 4.60. The fraction of sp³-hybridized carbons (Fsp3) is 0.462. The van der Waals surface area contributed by atoms with Gasteiger partial charge in [0.15, 0.2) is 0 Å². The zero-order valence-corrected chi connectivity index (χ0v) is 11.4. The highest BCUT2D eigenvalue weighted by molar-refractivity contribution is 5.88. The molecule has 1 heterocycles. The predicted molar refractivity (Wildman–Crippen MR) is 69.8 cm³/mol. The van der Waals surface area contributed by atoms with Gasteiger partial charge in [-0.15, -0.1) is 0 Å². The van der Waals surface area contributed by atoms with Crippen LogP contribution in [0.4, 0.5) is 0 Å². The van der Waals surface area contributed by atoms with Crippen molar-refractivity contribution in [2.24, 2.45) is 0 Å². The van der Waals surface area contributed by atoms with Crippen molar-refractivity contribution in [2.45, 2.75) is 25.6 Å². The van der Waals surface area contributed by atoms with Crippen LogP contribution in [0.1, 0.15) is 35.5 Å². The molecule has 20 heavy (non-hydrogen) atoms. The molecule has 0 aliphatic heterocycles. The Kier molecular flexibility index (Phi) is 6.08. The number of hydrogen-bond donors (Lipinski definition) is 3. The minimum absolute atomic E-state index is 0.196. The fourth-order valence-corrected chi connectivity index (χ4v) is 1.57. The number of amides is 1. The van der Waals surface area contributed by atoms with Gasteiger partial charge in [-0.1, -0.05) is 0 Å². The summed E-state index contributed by atoms with van der Waals surface area (Å²) >= 11 is 0. The van der Waals surface area contributed by atoms with E-state index < -0.39 is 18.2 Å². The lowest BCUT2D eigenvalue weighted by atomic mass is 10.1. The number of nitrogens with zero attached hydrogens (tertiary/aromatic N) is 1. The molecule has 1 aromatic rings. The number of esters is 1. The number of aromatic nitrogens is 1. The second kappa shape index (κ2) is 7.56. The molecule has 0 saturated carbocycles. The molecule has 2 atom stereocenters. The molecule has 0 aliphatic rings. The highest BCUT2D eigenvalue weighted by Gasteiger charge is 2.20. The number of methoxy groups -OCH3 is 1. The van der Waals surface area contributed by atoms with Gasteiger partial charge in [-0.05, 0) is 18.6 Å². The molecule has 2 unspecified atom stereocenters. The SMILES string of the molecule is COC(=O)c1ccc(C(O)C(O)CCNC(C)=O)nc1. The summed E-state index contributed by atoms with van der Waals surface area (Å²) in [4.78, 5) is 25.8. The van der Waals surface area contributed by atoms with E-state index in [1.807, 2.05) is 0 Å². The normalized spacial score (nSPS) is 13.4. The van der Waals surface area contributed by atoms with Crippen LogP contribution in [-0.2, 0) is 9.53 Å². The first-order valence-corrected chi connectivity index (χ1v) is 6.10. The molecule has 1 rings (SSSR count). The van der Waals surface area contributed by atoms with Crippen molar-refractivity contribution < 1.29 is 24.5 Å². The number of aliphatic hydroxyl groups excluding tert-OH is 2. The lowest BCUT2D eigenvalue weighted by Crippen LogP contribution is -2.28. The van der Waals surface area contributed by atoms with E-state index in [1.165, 1.54) is 32.4 Å². The van der Waals surface area contributed by atoms with Gasteiger partial charge in [0.25, 0.3) is 0 Å². The van der Waals surface area contributed by atoms with Crippen molar-refractivity contribution in [1.82, 2.24) is 10.3 Å². The molecule has 3 N–H and O–H groups in total. The van der Waals surface area contributed by atoms with Crippen LogP contribution in [0, 0.1) is 0 Å². The first-order chi connectivity index (χ1) is 9.45. The number of nitrogens with one attached hydrogen (secondary N) is 1. The van der Waals surface area contributed by atoms with Crippen LogP contribution in [0.2, 0.25) is 0 Å². The van der Waals surface area contributed by atoms with Crippen LogP contribution in [-0.4, -0.2) is 46.8 Å². The third-order valence-corrected chi connectivity index (χ3v) is 2.69. The van der Waals surface area contributed by atoms with Crippen LogP contribution >= 0.6 is 0 Å². The Balaban J connectivity index is 2.60. The van der Waals surface area contributed by atoms with Crippen molar-refractivity contribution >= 4 is 11.9 Å². The molecule has 0 aromatic carbocycles. The quantitative estimate of drug-likeness (QED) is 0.623. The van der Waals surface area contributed by atoms with Gasteiger partial charge in [-0.3, -0.25) is 9.78 Å². The van der Waals surface area contributed by atoms with E-state index in [4.69, 9.17) is 0 Å². The molecule has 7 heteroatoms. The zero-order chi connectivity index (χ0) is 15.1. The van der Waals surface area contributed by atoms with Gasteiger partial charge in [-0.25, -0.2) is 4.79 Å². The van der Waals surface area contributed by atoms with Crippen molar-refractivity contribution in [3.8, 4) is 0 Å². The summed E-state index contributed by atoms with van der Waals surface area (Å²) in [6.07, 6.45) is -0.777. The van der Waals surface area contributed by atoms with Crippen LogP contribution in [0.5, 0.6) is 0 Å². The molecule has 0 fully saturated rings. The number of pyridine rings is 1. The zero-order valence-electron chi connectivity index (χ0n) is 11.4. The van der Waals surface area contributed by atoms with Crippen LogP contribution in [0.3, 0.4) is 0 Å². The molecule has 1 amide bonds. The fourth-order valence-electron chi connectivity index (χ4n) is 1.57. The number of hydrogen-bond acceptors (Lipinski definition) is 6. The molecule has 0 spiro atoms. The number of carbonyl (C=O) groups excluding carboxylic acids is 2. The maximum absolute atomic E-state index is 11.2. The van der Waals surface area contributed by atoms with E-state index in [-0.39, 0.29) is 30.1 Å². The minimum Gasteiger partial charge on any atom is -0.465 e. The first-order valence-electron chi connectivity index (χ1n) is 6.10. The summed E-state index contributed by atoms with van der Waals surface area (Å²) in [5.41, 5.74) is 0.504. The maximum Gasteiger partial charge on any atom is 0.339 e. The van der Waals surface area contributed by atoms with Crippen molar-refractivity contribution in [3.05, 3.63) is 29.6 Å². The van der Waals surface area contributed by atoms with Gasteiger partial charge in [0.1, 0.15) is 6.10 Å². The van der Waals surface area contributed by atoms with E-state index in [2.05, 4.69) is 15.0 Å². The third-order valence-electron chi connectivity index (χ3n) is 2.69. The molecule has 0 saturated heterocycles. The molecular weight excluding hydrogens is 264 g/mol. The van der Waals surface area contributed by atoms with E-state index in [0.29, 0.717) is 0 Å². The van der Waals surface area contributed by atoms with Gasteiger partial charge in [0, 0.05) is 19.7 Å². The van der Waals surface area contributed by atoms with Crippen molar-refractivity contribution in [2.75, 3.05) is 13.7 Å². The average Bonchev–Trinajstić information content (AvgIpc) is 2.45. The van der Waals surface area contributed by atoms with Crippen molar-refractivity contribution in [3.63, 3.8) is 0 Å². The van der Waals surface area contributed by atoms with Crippen LogP contribution < -0.4 is 5.32 Å². The monoisotopic (exact) mass is 282 g/mol. The number of ether oxygens (including phenoxy) is 1. The predicted octanol–water partition coefficient (Wildman–Crippen LogP) is -0.211. The molecule has 110 valence electrons. The topological polar surface area (TPSA) is 109 Å². The molecule has 0 bridgehead atoms. The Labute approximate surface area is 116 Å². The summed E-state index contributed by atoms with van der Waals surface area (Å²) in [6.45, 7) is 1.63. The number of carbonyl (C=O) groups is 2. The minimum atomic E-state index is -1.18. The molecular formula is C13H18N2O5. The largest absolute Gasteiger partial charge is 0.465 e. The smallest absolute Gasteiger partial charge is 0.339 e. The van der Waals surface area contributed by atoms with Gasteiger partial charge < -0.3 is 20.3 Å². The van der Waals surface area contributed by atoms with E-state index in [1.54, 1.807) is 0 Å². The van der Waals surface area contributed by atoms with Gasteiger partial charge >= 0.3 is 5.97 Å². The summed E-state index contributed by atoms with van der Waals surface area (Å²) in [5.74, 6) is -0.725. The van der Waals surface area contributed by atoms with Gasteiger partial charge in [0.05, 0.1) is 24.5 Å². The van der Waals surface area contributed by atoms with E-state index in [9.17, 15) is 19.8 Å². The summed E-state index contributed by atoms with van der Waals surface area (Å²) in [6, 6.07) is 2.90. The lowest BCUT2D eigenvalue weighted by Gasteiger charge is -2.17. The summed E-state index contributed by atoms with van der Waals surface area (Å²) in [5, 5.41) is 22.2. The van der Waals surface area contributed by atoms with Crippen LogP contribution in [0.15, 0.2) is 18.3 Å². The molecule has 0 radical (unpaired) electrons. The Morgan fingerprint density at radius 3 is 2.60 bits per heavy atom. The Morgan fingerprint density at radius 2 is 2.10 bits per heavy atom. The lowest BCUT2D eigenvalue weighted by molar-refractivity contribution is -0.119. The van der Waals surface area contributed by atoms with Gasteiger partial charge in [-0.2, -0.15) is 0 Å². The highest BCUT2D eigenvalue weighted by Crippen LogP contribution is 2.17. The maximum atomic E-state index is 11.2. The number of rotatable bonds is 6. The average molecular weight is 282 g/mol. The second-order valence-corrected chi connectivity index (χ2v) is 4.25. The molecule has 1 aromatic heterocycles. The van der Waals surface area contributed by atoms with Crippen molar-refractivity contribution in [1.29, 1.82) is 0 Å². The highest BCUT2D eigenvalue weighted by atomic mass is 16.5. The van der Waals surface area contributed by atoms with E-state index >= 15 is 0 Å².